The average Bonchev–Trinajstić information content (AvgIpc) is 2.30. The minimum atomic E-state index is 0.477. The van der Waals surface area contributed by atoms with E-state index in [-0.39, 0.29) is 0 Å². The van der Waals surface area contributed by atoms with Crippen molar-refractivity contribution in [2.45, 2.75) is 70.4 Å². The van der Waals surface area contributed by atoms with Crippen molar-refractivity contribution in [3.8, 4) is 0 Å². The number of unbranched alkanes of at least 4 members (excludes halogenated alkanes) is 3. The van der Waals surface area contributed by atoms with Crippen LogP contribution in [0.5, 0.6) is 0 Å². The predicted octanol–water partition coefficient (Wildman–Crippen LogP) is 3.11. The van der Waals surface area contributed by atoms with Gasteiger partial charge < -0.3 is 10.1 Å². The zero-order valence-corrected chi connectivity index (χ0v) is 10.4. The number of hydrogen-bond acceptors (Lipinski definition) is 2. The monoisotopic (exact) mass is 213 g/mol. The number of ether oxygens (including phenoxy) is 1. The van der Waals surface area contributed by atoms with Crippen LogP contribution in [-0.2, 0) is 4.74 Å². The van der Waals surface area contributed by atoms with Crippen molar-refractivity contribution in [1.82, 2.24) is 5.32 Å². The van der Waals surface area contributed by atoms with Crippen LogP contribution in [0.3, 0.4) is 0 Å². The molecule has 0 radical (unpaired) electrons. The number of hydrogen-bond donors (Lipinski definition) is 1. The van der Waals surface area contributed by atoms with Crippen LogP contribution in [0.15, 0.2) is 0 Å². The molecule has 2 atom stereocenters. The van der Waals surface area contributed by atoms with Crippen LogP contribution in [0.4, 0.5) is 0 Å². The highest BCUT2D eigenvalue weighted by Gasteiger charge is 2.22. The summed E-state index contributed by atoms with van der Waals surface area (Å²) in [6.07, 6.45) is 11.0. The van der Waals surface area contributed by atoms with Gasteiger partial charge >= 0.3 is 0 Å². The van der Waals surface area contributed by atoms with Crippen LogP contribution in [0.25, 0.3) is 0 Å². The fourth-order valence-corrected chi connectivity index (χ4v) is 2.39. The summed E-state index contributed by atoms with van der Waals surface area (Å²) in [5.41, 5.74) is 0. The zero-order valence-electron chi connectivity index (χ0n) is 10.4. The Balaban J connectivity index is 2.15. The van der Waals surface area contributed by atoms with E-state index < -0.39 is 0 Å². The Bertz CT molecular complexity index is 143. The van der Waals surface area contributed by atoms with Gasteiger partial charge in [0.15, 0.2) is 0 Å². The molecule has 1 fully saturated rings. The molecule has 0 aliphatic carbocycles. The van der Waals surface area contributed by atoms with Crippen molar-refractivity contribution in [2.24, 2.45) is 0 Å². The summed E-state index contributed by atoms with van der Waals surface area (Å²) in [7, 11) is 2.07. The quantitative estimate of drug-likeness (QED) is 0.656. The SMILES string of the molecule is CCCCCCC(NC)C1CCCCO1. The van der Waals surface area contributed by atoms with E-state index in [0.29, 0.717) is 12.1 Å². The van der Waals surface area contributed by atoms with Crippen molar-refractivity contribution in [3.05, 3.63) is 0 Å². The van der Waals surface area contributed by atoms with Crippen LogP contribution < -0.4 is 5.32 Å². The molecule has 0 bridgehead atoms. The summed E-state index contributed by atoms with van der Waals surface area (Å²) in [5, 5.41) is 3.42. The van der Waals surface area contributed by atoms with Crippen LogP contribution in [0.2, 0.25) is 0 Å². The molecule has 1 N–H and O–H groups in total. The molecule has 90 valence electrons. The lowest BCUT2D eigenvalue weighted by molar-refractivity contribution is -0.00816. The average molecular weight is 213 g/mol. The topological polar surface area (TPSA) is 21.3 Å². The molecular formula is C13H27NO. The molecule has 2 heteroatoms. The maximum absolute atomic E-state index is 5.83. The first-order chi connectivity index (χ1) is 7.38. The molecule has 1 rings (SSSR count). The highest BCUT2D eigenvalue weighted by Crippen LogP contribution is 2.19. The molecule has 0 aromatic heterocycles. The van der Waals surface area contributed by atoms with Gasteiger partial charge in [-0.25, -0.2) is 0 Å². The molecule has 2 nitrogen and oxygen atoms in total. The van der Waals surface area contributed by atoms with Crippen LogP contribution in [0.1, 0.15) is 58.3 Å². The van der Waals surface area contributed by atoms with E-state index in [1.54, 1.807) is 0 Å². The van der Waals surface area contributed by atoms with Gasteiger partial charge in [0.2, 0.25) is 0 Å². The van der Waals surface area contributed by atoms with Crippen molar-refractivity contribution >= 4 is 0 Å². The van der Waals surface area contributed by atoms with Crippen molar-refractivity contribution in [1.29, 1.82) is 0 Å². The first-order valence-electron chi connectivity index (χ1n) is 6.67. The second kappa shape index (κ2) is 8.12. The Morgan fingerprint density at radius 3 is 2.73 bits per heavy atom. The highest BCUT2D eigenvalue weighted by molar-refractivity contribution is 4.78. The molecule has 0 aromatic carbocycles. The van der Waals surface area contributed by atoms with Gasteiger partial charge in [-0.15, -0.1) is 0 Å². The second-order valence-corrected chi connectivity index (χ2v) is 4.65. The van der Waals surface area contributed by atoms with Gasteiger partial charge in [0.05, 0.1) is 6.10 Å². The normalized spacial score (nSPS) is 24.0. The number of likely N-dealkylation sites (N-methyl/N-ethyl adjacent to an activating group) is 1. The maximum atomic E-state index is 5.83. The Morgan fingerprint density at radius 2 is 2.13 bits per heavy atom. The van der Waals surface area contributed by atoms with Gasteiger partial charge in [0.1, 0.15) is 0 Å². The van der Waals surface area contributed by atoms with E-state index in [4.69, 9.17) is 4.74 Å². The van der Waals surface area contributed by atoms with Crippen LogP contribution in [-0.4, -0.2) is 25.8 Å². The Morgan fingerprint density at radius 1 is 1.27 bits per heavy atom. The first kappa shape index (κ1) is 13.0. The Kier molecular flexibility index (Phi) is 7.03. The van der Waals surface area contributed by atoms with Crippen molar-refractivity contribution in [3.63, 3.8) is 0 Å². The summed E-state index contributed by atoms with van der Waals surface area (Å²) in [4.78, 5) is 0. The summed E-state index contributed by atoms with van der Waals surface area (Å²) < 4.78 is 5.83. The van der Waals surface area contributed by atoms with E-state index in [9.17, 15) is 0 Å². The van der Waals surface area contributed by atoms with Crippen LogP contribution >= 0.6 is 0 Å². The molecular weight excluding hydrogens is 186 g/mol. The smallest absolute Gasteiger partial charge is 0.0727 e. The summed E-state index contributed by atoms with van der Waals surface area (Å²) in [6.45, 7) is 3.23. The summed E-state index contributed by atoms with van der Waals surface area (Å²) in [6, 6.07) is 0.585. The molecule has 15 heavy (non-hydrogen) atoms. The third-order valence-electron chi connectivity index (χ3n) is 3.40. The van der Waals surface area contributed by atoms with Crippen LogP contribution in [0, 0.1) is 0 Å². The van der Waals surface area contributed by atoms with Gasteiger partial charge in [-0.05, 0) is 32.7 Å². The lowest BCUT2D eigenvalue weighted by Crippen LogP contribution is -2.41. The minimum absolute atomic E-state index is 0.477. The Labute approximate surface area is 94.8 Å². The number of rotatable bonds is 7. The molecule has 0 spiro atoms. The predicted molar refractivity (Wildman–Crippen MR) is 65.2 cm³/mol. The van der Waals surface area contributed by atoms with E-state index >= 15 is 0 Å². The Hall–Kier alpha value is -0.0800. The molecule has 0 aromatic rings. The van der Waals surface area contributed by atoms with Crippen molar-refractivity contribution in [2.75, 3.05) is 13.7 Å². The third-order valence-corrected chi connectivity index (χ3v) is 3.40. The van der Waals surface area contributed by atoms with Gasteiger partial charge in [-0.1, -0.05) is 32.6 Å². The largest absolute Gasteiger partial charge is 0.377 e. The highest BCUT2D eigenvalue weighted by atomic mass is 16.5. The fraction of sp³-hybridized carbons (Fsp3) is 1.00. The summed E-state index contributed by atoms with van der Waals surface area (Å²) >= 11 is 0. The first-order valence-corrected chi connectivity index (χ1v) is 6.67. The van der Waals surface area contributed by atoms with Crippen molar-refractivity contribution < 1.29 is 4.74 Å². The van der Waals surface area contributed by atoms with E-state index in [2.05, 4.69) is 19.3 Å². The molecule has 0 amide bonds. The minimum Gasteiger partial charge on any atom is -0.377 e. The standard InChI is InChI=1S/C13H27NO/c1-3-4-5-6-9-12(14-2)13-10-7-8-11-15-13/h12-14H,3-11H2,1-2H3. The second-order valence-electron chi connectivity index (χ2n) is 4.65. The van der Waals surface area contributed by atoms with E-state index in [1.165, 1.54) is 51.4 Å². The molecule has 0 saturated carbocycles. The summed E-state index contributed by atoms with van der Waals surface area (Å²) in [5.74, 6) is 0. The maximum Gasteiger partial charge on any atom is 0.0727 e. The molecule has 1 aliphatic rings. The lowest BCUT2D eigenvalue weighted by Gasteiger charge is -2.30. The fourth-order valence-electron chi connectivity index (χ4n) is 2.39. The third kappa shape index (κ3) is 4.98. The van der Waals surface area contributed by atoms with Gasteiger partial charge in [-0.3, -0.25) is 0 Å². The van der Waals surface area contributed by atoms with Gasteiger partial charge in [0.25, 0.3) is 0 Å². The molecule has 1 heterocycles. The van der Waals surface area contributed by atoms with E-state index in [0.717, 1.165) is 6.61 Å². The number of nitrogens with one attached hydrogen (secondary N) is 1. The molecule has 2 unspecified atom stereocenters. The van der Waals surface area contributed by atoms with Gasteiger partial charge in [0, 0.05) is 12.6 Å². The zero-order chi connectivity index (χ0) is 10.9. The van der Waals surface area contributed by atoms with Gasteiger partial charge in [-0.2, -0.15) is 0 Å². The lowest BCUT2D eigenvalue weighted by atomic mass is 9.97. The molecule has 1 aliphatic heterocycles. The molecule has 1 saturated heterocycles. The van der Waals surface area contributed by atoms with E-state index in [1.807, 2.05) is 0 Å².